The lowest BCUT2D eigenvalue weighted by Gasteiger charge is -2.37. The van der Waals surface area contributed by atoms with Gasteiger partial charge in [0.05, 0.1) is 6.42 Å². The number of hydrogen-bond donors (Lipinski definition) is 1. The molecule has 1 amide bonds. The molecule has 4 heteroatoms. The molecule has 0 aromatic heterocycles. The van der Waals surface area contributed by atoms with E-state index in [1.54, 1.807) is 0 Å². The minimum absolute atomic E-state index is 0. The molecule has 0 bridgehead atoms. The Hall–Kier alpha value is -1.22. The predicted octanol–water partition coefficient (Wildman–Crippen LogP) is 3.66. The molecule has 0 aliphatic carbocycles. The Balaban J connectivity index is 0.00000220. The number of piperidine rings is 1. The van der Waals surface area contributed by atoms with Crippen LogP contribution in [0.25, 0.3) is 0 Å². The number of halogens is 1. The molecular formula is C17H27ClN2O. The van der Waals surface area contributed by atoms with Crippen molar-refractivity contribution in [1.82, 2.24) is 4.90 Å². The third-order valence-corrected chi connectivity index (χ3v) is 4.03. The monoisotopic (exact) mass is 310 g/mol. The quantitative estimate of drug-likeness (QED) is 0.863. The van der Waals surface area contributed by atoms with Crippen LogP contribution < -0.4 is 5.73 Å². The van der Waals surface area contributed by atoms with Crippen LogP contribution in [0.2, 0.25) is 0 Å². The number of anilines is 1. The molecule has 2 N–H and O–H groups in total. The number of likely N-dealkylation sites (tertiary alicyclic amines) is 1. The molecule has 1 aromatic carbocycles. The Labute approximate surface area is 134 Å². The van der Waals surface area contributed by atoms with Gasteiger partial charge >= 0.3 is 0 Å². The SMILES string of the molecule is CC(C)CC1CCCCN1C(=O)Cc1ccc(N)cc1.Cl. The first-order chi connectivity index (χ1) is 9.56. The predicted molar refractivity (Wildman–Crippen MR) is 90.6 cm³/mol. The summed E-state index contributed by atoms with van der Waals surface area (Å²) in [4.78, 5) is 14.6. The van der Waals surface area contributed by atoms with Crippen molar-refractivity contribution in [3.8, 4) is 0 Å². The lowest BCUT2D eigenvalue weighted by molar-refractivity contribution is -0.134. The van der Waals surface area contributed by atoms with Gasteiger partial charge in [-0.15, -0.1) is 12.4 Å². The van der Waals surface area contributed by atoms with Gasteiger partial charge < -0.3 is 10.6 Å². The fraction of sp³-hybridized carbons (Fsp3) is 0.588. The molecule has 1 unspecified atom stereocenters. The van der Waals surface area contributed by atoms with E-state index in [-0.39, 0.29) is 18.3 Å². The maximum Gasteiger partial charge on any atom is 0.227 e. The van der Waals surface area contributed by atoms with E-state index in [0.29, 0.717) is 18.4 Å². The summed E-state index contributed by atoms with van der Waals surface area (Å²) in [6.45, 7) is 5.39. The number of nitrogens with zero attached hydrogens (tertiary/aromatic N) is 1. The summed E-state index contributed by atoms with van der Waals surface area (Å²) in [6, 6.07) is 8.07. The first-order valence-electron chi connectivity index (χ1n) is 7.70. The van der Waals surface area contributed by atoms with Crippen LogP contribution in [0, 0.1) is 5.92 Å². The molecule has 0 radical (unpaired) electrons. The molecule has 1 atom stereocenters. The first kappa shape index (κ1) is 17.8. The number of nitrogens with two attached hydrogens (primary N) is 1. The smallest absolute Gasteiger partial charge is 0.227 e. The highest BCUT2D eigenvalue weighted by Gasteiger charge is 2.26. The van der Waals surface area contributed by atoms with Gasteiger partial charge in [0, 0.05) is 18.3 Å². The molecule has 1 aromatic rings. The van der Waals surface area contributed by atoms with Crippen molar-refractivity contribution < 1.29 is 4.79 Å². The summed E-state index contributed by atoms with van der Waals surface area (Å²) < 4.78 is 0. The van der Waals surface area contributed by atoms with E-state index in [0.717, 1.165) is 37.1 Å². The van der Waals surface area contributed by atoms with Crippen molar-refractivity contribution in [1.29, 1.82) is 0 Å². The number of rotatable bonds is 4. The average molecular weight is 311 g/mol. The Morgan fingerprint density at radius 3 is 2.57 bits per heavy atom. The van der Waals surface area contributed by atoms with E-state index in [9.17, 15) is 4.79 Å². The Morgan fingerprint density at radius 1 is 1.29 bits per heavy atom. The molecule has 1 saturated heterocycles. The van der Waals surface area contributed by atoms with Crippen LogP contribution in [0.1, 0.15) is 45.1 Å². The minimum atomic E-state index is 0. The van der Waals surface area contributed by atoms with Crippen molar-refractivity contribution in [2.24, 2.45) is 5.92 Å². The van der Waals surface area contributed by atoms with Gasteiger partial charge in [-0.2, -0.15) is 0 Å². The fourth-order valence-electron chi connectivity index (χ4n) is 3.03. The Bertz CT molecular complexity index is 445. The third-order valence-electron chi connectivity index (χ3n) is 4.03. The molecule has 1 aliphatic heterocycles. The topological polar surface area (TPSA) is 46.3 Å². The second kappa shape index (κ2) is 8.28. The van der Waals surface area contributed by atoms with Crippen LogP contribution in [0.3, 0.4) is 0 Å². The number of benzene rings is 1. The normalized spacial score (nSPS) is 18.4. The number of hydrogen-bond acceptors (Lipinski definition) is 2. The van der Waals surface area contributed by atoms with Gasteiger partial charge in [0.15, 0.2) is 0 Å². The average Bonchev–Trinajstić information content (AvgIpc) is 2.41. The molecule has 1 aliphatic rings. The van der Waals surface area contributed by atoms with Crippen molar-refractivity contribution in [2.45, 2.75) is 52.0 Å². The fourth-order valence-corrected chi connectivity index (χ4v) is 3.03. The van der Waals surface area contributed by atoms with E-state index in [1.807, 2.05) is 24.3 Å². The van der Waals surface area contributed by atoms with Gasteiger partial charge in [0.1, 0.15) is 0 Å². The maximum absolute atomic E-state index is 12.5. The second-order valence-corrected chi connectivity index (χ2v) is 6.28. The molecule has 1 heterocycles. The summed E-state index contributed by atoms with van der Waals surface area (Å²) in [6.07, 6.45) is 5.17. The van der Waals surface area contributed by atoms with Gasteiger partial charge in [0.2, 0.25) is 5.91 Å². The van der Waals surface area contributed by atoms with Crippen molar-refractivity contribution in [3.63, 3.8) is 0 Å². The number of carbonyl (C=O) groups is 1. The molecule has 1 fully saturated rings. The molecule has 0 saturated carbocycles. The number of carbonyl (C=O) groups excluding carboxylic acids is 1. The third kappa shape index (κ3) is 5.24. The van der Waals surface area contributed by atoms with E-state index in [4.69, 9.17) is 5.73 Å². The van der Waals surface area contributed by atoms with Crippen LogP contribution in [0.5, 0.6) is 0 Å². The summed E-state index contributed by atoms with van der Waals surface area (Å²) in [5.74, 6) is 0.907. The van der Waals surface area contributed by atoms with E-state index < -0.39 is 0 Å². The lowest BCUT2D eigenvalue weighted by atomic mass is 9.93. The van der Waals surface area contributed by atoms with Crippen LogP contribution >= 0.6 is 12.4 Å². The molecule has 3 nitrogen and oxygen atoms in total. The van der Waals surface area contributed by atoms with Gasteiger partial charge in [-0.1, -0.05) is 26.0 Å². The molecule has 2 rings (SSSR count). The minimum Gasteiger partial charge on any atom is -0.399 e. The summed E-state index contributed by atoms with van der Waals surface area (Å²) >= 11 is 0. The summed E-state index contributed by atoms with van der Waals surface area (Å²) in [5, 5.41) is 0. The molecular weight excluding hydrogens is 284 g/mol. The largest absolute Gasteiger partial charge is 0.399 e. The standard InChI is InChI=1S/C17H26N2O.ClH/c1-13(2)11-16-5-3-4-10-19(16)17(20)12-14-6-8-15(18)9-7-14;/h6-9,13,16H,3-5,10-12,18H2,1-2H3;1H. The Kier molecular flexibility index (Phi) is 7.03. The highest BCUT2D eigenvalue weighted by molar-refractivity contribution is 5.85. The van der Waals surface area contributed by atoms with Crippen LogP contribution in [-0.2, 0) is 11.2 Å². The molecule has 21 heavy (non-hydrogen) atoms. The second-order valence-electron chi connectivity index (χ2n) is 6.28. The van der Waals surface area contributed by atoms with E-state index in [1.165, 1.54) is 6.42 Å². The van der Waals surface area contributed by atoms with Gasteiger partial charge in [0.25, 0.3) is 0 Å². The van der Waals surface area contributed by atoms with Crippen LogP contribution in [0.15, 0.2) is 24.3 Å². The first-order valence-corrected chi connectivity index (χ1v) is 7.70. The lowest BCUT2D eigenvalue weighted by Crippen LogP contribution is -2.45. The highest BCUT2D eigenvalue weighted by Crippen LogP contribution is 2.23. The van der Waals surface area contributed by atoms with Crippen molar-refractivity contribution in [3.05, 3.63) is 29.8 Å². The Morgan fingerprint density at radius 2 is 1.95 bits per heavy atom. The van der Waals surface area contributed by atoms with Gasteiger partial charge in [-0.05, 0) is 49.3 Å². The molecule has 118 valence electrons. The van der Waals surface area contributed by atoms with Crippen molar-refractivity contribution in [2.75, 3.05) is 12.3 Å². The zero-order valence-corrected chi connectivity index (χ0v) is 13.9. The summed E-state index contributed by atoms with van der Waals surface area (Å²) in [7, 11) is 0. The van der Waals surface area contributed by atoms with Gasteiger partial charge in [-0.3, -0.25) is 4.79 Å². The van der Waals surface area contributed by atoms with Gasteiger partial charge in [-0.25, -0.2) is 0 Å². The molecule has 0 spiro atoms. The van der Waals surface area contributed by atoms with Crippen LogP contribution in [-0.4, -0.2) is 23.4 Å². The van der Waals surface area contributed by atoms with E-state index in [2.05, 4.69) is 18.7 Å². The summed E-state index contributed by atoms with van der Waals surface area (Å²) in [5.41, 5.74) is 7.48. The highest BCUT2D eigenvalue weighted by atomic mass is 35.5. The number of nitrogen functional groups attached to an aromatic ring is 1. The maximum atomic E-state index is 12.5. The zero-order chi connectivity index (χ0) is 14.5. The van der Waals surface area contributed by atoms with Crippen molar-refractivity contribution >= 4 is 24.0 Å². The zero-order valence-electron chi connectivity index (χ0n) is 13.0. The van der Waals surface area contributed by atoms with Crippen LogP contribution in [0.4, 0.5) is 5.69 Å². The van der Waals surface area contributed by atoms with E-state index >= 15 is 0 Å². The number of amides is 1.